The van der Waals surface area contributed by atoms with Crippen LogP contribution in [0.25, 0.3) is 0 Å². The van der Waals surface area contributed by atoms with Gasteiger partial charge in [0, 0.05) is 18.2 Å². The zero-order valence-electron chi connectivity index (χ0n) is 10.4. The molecular weight excluding hydrogens is 212 g/mol. The van der Waals surface area contributed by atoms with Crippen LogP contribution in [0.15, 0.2) is 30.3 Å². The lowest BCUT2D eigenvalue weighted by atomic mass is 10.1. The second-order valence-corrected chi connectivity index (χ2v) is 4.79. The second kappa shape index (κ2) is 5.82. The average Bonchev–Trinajstić information content (AvgIpc) is 2.55. The number of nitrogens with zero attached hydrogens (tertiary/aromatic N) is 1. The number of likely N-dealkylation sites (tertiary alicyclic amines) is 1. The predicted octanol–water partition coefficient (Wildman–Crippen LogP) is 1.90. The molecule has 1 fully saturated rings. The van der Waals surface area contributed by atoms with Crippen molar-refractivity contribution in [2.75, 3.05) is 20.1 Å². The van der Waals surface area contributed by atoms with E-state index in [1.54, 1.807) is 0 Å². The first-order chi connectivity index (χ1) is 8.25. The number of likely N-dealkylation sites (N-methyl/N-ethyl adjacent to an activating group) is 1. The zero-order chi connectivity index (χ0) is 12.1. The number of hydrogen-bond donors (Lipinski definition) is 1. The van der Waals surface area contributed by atoms with Crippen molar-refractivity contribution in [1.82, 2.24) is 10.2 Å². The lowest BCUT2D eigenvalue weighted by molar-refractivity contribution is 0.0929. The maximum Gasteiger partial charge on any atom is 0.251 e. The number of carbonyl (C=O) groups is 1. The van der Waals surface area contributed by atoms with Gasteiger partial charge in [-0.1, -0.05) is 24.6 Å². The molecule has 1 unspecified atom stereocenters. The summed E-state index contributed by atoms with van der Waals surface area (Å²) in [6.07, 6.45) is 3.52. The van der Waals surface area contributed by atoms with E-state index < -0.39 is 0 Å². The van der Waals surface area contributed by atoms with E-state index in [9.17, 15) is 4.79 Å². The fourth-order valence-corrected chi connectivity index (χ4v) is 2.31. The van der Waals surface area contributed by atoms with Crippen molar-refractivity contribution < 1.29 is 4.79 Å². The van der Waals surface area contributed by atoms with E-state index in [1.165, 1.54) is 12.8 Å². The Morgan fingerprint density at radius 2 is 2.06 bits per heavy atom. The molecule has 0 bridgehead atoms. The second-order valence-electron chi connectivity index (χ2n) is 4.79. The van der Waals surface area contributed by atoms with Crippen molar-refractivity contribution in [3.8, 4) is 0 Å². The Labute approximate surface area is 103 Å². The molecule has 0 saturated carbocycles. The van der Waals surface area contributed by atoms with E-state index in [0.29, 0.717) is 0 Å². The summed E-state index contributed by atoms with van der Waals surface area (Å²) in [4.78, 5) is 14.3. The standard InChI is InChI=1S/C14H20N2O/c1-16-10-6-5-9-13(11-16)15-14(17)12-7-3-2-4-8-12/h2-4,7-8,13H,5-6,9-11H2,1H3,(H,15,17). The zero-order valence-corrected chi connectivity index (χ0v) is 10.4. The van der Waals surface area contributed by atoms with Gasteiger partial charge < -0.3 is 10.2 Å². The van der Waals surface area contributed by atoms with E-state index in [4.69, 9.17) is 0 Å². The van der Waals surface area contributed by atoms with Crippen LogP contribution in [0.1, 0.15) is 29.6 Å². The topological polar surface area (TPSA) is 32.3 Å². The maximum atomic E-state index is 12.0. The lowest BCUT2D eigenvalue weighted by Gasteiger charge is -2.21. The van der Waals surface area contributed by atoms with Crippen LogP contribution in [0.3, 0.4) is 0 Å². The van der Waals surface area contributed by atoms with Crippen LogP contribution < -0.4 is 5.32 Å². The lowest BCUT2D eigenvalue weighted by Crippen LogP contribution is -2.41. The van der Waals surface area contributed by atoms with Crippen LogP contribution in [-0.4, -0.2) is 37.0 Å². The highest BCUT2D eigenvalue weighted by Gasteiger charge is 2.17. The molecule has 1 heterocycles. The summed E-state index contributed by atoms with van der Waals surface area (Å²) in [5, 5.41) is 3.12. The van der Waals surface area contributed by atoms with Crippen molar-refractivity contribution in [3.05, 3.63) is 35.9 Å². The highest BCUT2D eigenvalue weighted by molar-refractivity contribution is 5.94. The molecule has 1 amide bonds. The number of rotatable bonds is 2. The Hall–Kier alpha value is -1.35. The first kappa shape index (κ1) is 12.1. The van der Waals surface area contributed by atoms with E-state index >= 15 is 0 Å². The Balaban J connectivity index is 1.94. The van der Waals surface area contributed by atoms with E-state index in [1.807, 2.05) is 30.3 Å². The number of nitrogens with one attached hydrogen (secondary N) is 1. The Kier molecular flexibility index (Phi) is 4.15. The van der Waals surface area contributed by atoms with Crippen molar-refractivity contribution in [2.45, 2.75) is 25.3 Å². The minimum absolute atomic E-state index is 0.0471. The van der Waals surface area contributed by atoms with Gasteiger partial charge in [-0.05, 0) is 38.6 Å². The van der Waals surface area contributed by atoms with Gasteiger partial charge in [0.05, 0.1) is 0 Å². The molecule has 1 aliphatic rings. The number of hydrogen-bond acceptors (Lipinski definition) is 2. The third-order valence-electron chi connectivity index (χ3n) is 3.25. The van der Waals surface area contributed by atoms with Crippen molar-refractivity contribution in [2.24, 2.45) is 0 Å². The monoisotopic (exact) mass is 232 g/mol. The van der Waals surface area contributed by atoms with Gasteiger partial charge in [-0.2, -0.15) is 0 Å². The van der Waals surface area contributed by atoms with Gasteiger partial charge in [-0.15, -0.1) is 0 Å². The summed E-state index contributed by atoms with van der Waals surface area (Å²) in [6.45, 7) is 2.09. The minimum Gasteiger partial charge on any atom is -0.348 e. The van der Waals surface area contributed by atoms with Gasteiger partial charge in [-0.3, -0.25) is 4.79 Å². The SMILES string of the molecule is CN1CCCCC(NC(=O)c2ccccc2)C1. The summed E-state index contributed by atoms with van der Waals surface area (Å²) in [5.74, 6) is 0.0471. The van der Waals surface area contributed by atoms with Gasteiger partial charge in [-0.25, -0.2) is 0 Å². The van der Waals surface area contributed by atoms with E-state index in [-0.39, 0.29) is 11.9 Å². The van der Waals surface area contributed by atoms with Crippen molar-refractivity contribution in [1.29, 1.82) is 0 Å². The summed E-state index contributed by atoms with van der Waals surface area (Å²) in [7, 11) is 2.12. The van der Waals surface area contributed by atoms with Crippen LogP contribution in [-0.2, 0) is 0 Å². The number of benzene rings is 1. The third-order valence-corrected chi connectivity index (χ3v) is 3.25. The van der Waals surface area contributed by atoms with Crippen LogP contribution in [0.2, 0.25) is 0 Å². The maximum absolute atomic E-state index is 12.0. The van der Waals surface area contributed by atoms with Crippen molar-refractivity contribution >= 4 is 5.91 Å². The minimum atomic E-state index is 0.0471. The molecule has 1 aromatic carbocycles. The quantitative estimate of drug-likeness (QED) is 0.844. The van der Waals surface area contributed by atoms with Crippen LogP contribution in [0.5, 0.6) is 0 Å². The molecule has 1 aliphatic heterocycles. The number of amides is 1. The largest absolute Gasteiger partial charge is 0.348 e. The predicted molar refractivity (Wildman–Crippen MR) is 69.0 cm³/mol. The summed E-state index contributed by atoms with van der Waals surface area (Å²) < 4.78 is 0. The van der Waals surface area contributed by atoms with Crippen LogP contribution in [0.4, 0.5) is 0 Å². The highest BCUT2D eigenvalue weighted by atomic mass is 16.1. The van der Waals surface area contributed by atoms with Gasteiger partial charge in [0.2, 0.25) is 0 Å². The van der Waals surface area contributed by atoms with Gasteiger partial charge in [0.25, 0.3) is 5.91 Å². The smallest absolute Gasteiger partial charge is 0.251 e. The van der Waals surface area contributed by atoms with Gasteiger partial charge >= 0.3 is 0 Å². The molecule has 2 rings (SSSR count). The third kappa shape index (κ3) is 3.56. The summed E-state index contributed by atoms with van der Waals surface area (Å²) >= 11 is 0. The Morgan fingerprint density at radius 3 is 2.82 bits per heavy atom. The summed E-state index contributed by atoms with van der Waals surface area (Å²) in [6, 6.07) is 9.72. The molecule has 1 N–H and O–H groups in total. The van der Waals surface area contributed by atoms with Gasteiger partial charge in [0.1, 0.15) is 0 Å². The van der Waals surface area contributed by atoms with E-state index in [0.717, 1.165) is 25.1 Å². The van der Waals surface area contributed by atoms with Crippen LogP contribution >= 0.6 is 0 Å². The Morgan fingerprint density at radius 1 is 1.29 bits per heavy atom. The molecule has 0 aliphatic carbocycles. The number of carbonyl (C=O) groups excluding carboxylic acids is 1. The molecule has 17 heavy (non-hydrogen) atoms. The first-order valence-corrected chi connectivity index (χ1v) is 6.30. The molecule has 1 aromatic rings. The van der Waals surface area contributed by atoms with Crippen molar-refractivity contribution in [3.63, 3.8) is 0 Å². The van der Waals surface area contributed by atoms with Gasteiger partial charge in [0.15, 0.2) is 0 Å². The molecular formula is C14H20N2O. The first-order valence-electron chi connectivity index (χ1n) is 6.30. The molecule has 1 saturated heterocycles. The fraction of sp³-hybridized carbons (Fsp3) is 0.500. The molecule has 3 heteroatoms. The van der Waals surface area contributed by atoms with E-state index in [2.05, 4.69) is 17.3 Å². The normalized spacial score (nSPS) is 21.8. The summed E-state index contributed by atoms with van der Waals surface area (Å²) in [5.41, 5.74) is 0.749. The average molecular weight is 232 g/mol. The Bertz CT molecular complexity index is 364. The molecule has 0 radical (unpaired) electrons. The highest BCUT2D eigenvalue weighted by Crippen LogP contribution is 2.10. The molecule has 92 valence electrons. The molecule has 0 aromatic heterocycles. The molecule has 3 nitrogen and oxygen atoms in total. The fourth-order valence-electron chi connectivity index (χ4n) is 2.31. The molecule has 0 spiro atoms. The van der Waals surface area contributed by atoms with Crippen LogP contribution in [0, 0.1) is 0 Å². The molecule has 1 atom stereocenters.